The minimum absolute atomic E-state index is 0.668. The average molecular weight is 190 g/mol. The zero-order valence-corrected chi connectivity index (χ0v) is 8.56. The molecule has 0 radical (unpaired) electrons. The SMILES string of the molecule is C=C[C@H]1C[C@H]2C[C@@H]1C1CC3OC3CC12. The summed E-state index contributed by atoms with van der Waals surface area (Å²) >= 11 is 0. The molecule has 0 aromatic rings. The fourth-order valence-corrected chi connectivity index (χ4v) is 4.77. The van der Waals surface area contributed by atoms with Gasteiger partial charge >= 0.3 is 0 Å². The van der Waals surface area contributed by atoms with Crippen LogP contribution in [0.25, 0.3) is 0 Å². The number of ether oxygens (including phenoxy) is 1. The van der Waals surface area contributed by atoms with Crippen molar-refractivity contribution in [1.82, 2.24) is 0 Å². The van der Waals surface area contributed by atoms with E-state index in [9.17, 15) is 0 Å². The molecule has 0 spiro atoms. The van der Waals surface area contributed by atoms with E-state index in [4.69, 9.17) is 4.74 Å². The Kier molecular flexibility index (Phi) is 1.38. The van der Waals surface area contributed by atoms with Crippen LogP contribution < -0.4 is 0 Å². The van der Waals surface area contributed by atoms with E-state index in [1.54, 1.807) is 0 Å². The lowest BCUT2D eigenvalue weighted by molar-refractivity contribution is 0.148. The largest absolute Gasteiger partial charge is 0.370 e. The number of fused-ring (bicyclic) bond motifs is 6. The molecule has 1 heteroatoms. The van der Waals surface area contributed by atoms with Gasteiger partial charge in [-0.3, -0.25) is 0 Å². The van der Waals surface area contributed by atoms with Gasteiger partial charge in [0.15, 0.2) is 0 Å². The first-order valence-electron chi connectivity index (χ1n) is 6.15. The van der Waals surface area contributed by atoms with E-state index >= 15 is 0 Å². The molecule has 1 heterocycles. The molecular formula is C13H18O. The van der Waals surface area contributed by atoms with Crippen LogP contribution in [0.1, 0.15) is 25.7 Å². The number of hydrogen-bond acceptors (Lipinski definition) is 1. The van der Waals surface area contributed by atoms with Crippen molar-refractivity contribution in [1.29, 1.82) is 0 Å². The lowest BCUT2D eigenvalue weighted by Gasteiger charge is -2.36. The molecule has 4 unspecified atom stereocenters. The van der Waals surface area contributed by atoms with Gasteiger partial charge in [0.05, 0.1) is 12.2 Å². The maximum atomic E-state index is 5.68. The zero-order chi connectivity index (χ0) is 9.28. The molecule has 0 aromatic heterocycles. The molecule has 0 aromatic carbocycles. The molecule has 7 atom stereocenters. The summed E-state index contributed by atoms with van der Waals surface area (Å²) in [5.41, 5.74) is 0. The molecule has 2 bridgehead atoms. The second-order valence-corrected chi connectivity index (χ2v) is 5.81. The smallest absolute Gasteiger partial charge is 0.0844 e. The molecule has 1 aliphatic heterocycles. The molecule has 14 heavy (non-hydrogen) atoms. The fourth-order valence-electron chi connectivity index (χ4n) is 4.77. The second-order valence-electron chi connectivity index (χ2n) is 5.81. The highest BCUT2D eigenvalue weighted by Gasteiger charge is 2.59. The van der Waals surface area contributed by atoms with Crippen molar-refractivity contribution in [3.8, 4) is 0 Å². The van der Waals surface area contributed by atoms with E-state index in [1.807, 2.05) is 0 Å². The first-order chi connectivity index (χ1) is 6.86. The molecule has 1 nitrogen and oxygen atoms in total. The molecule has 3 aliphatic carbocycles. The first kappa shape index (κ1) is 7.92. The van der Waals surface area contributed by atoms with E-state index in [2.05, 4.69) is 12.7 Å². The summed E-state index contributed by atoms with van der Waals surface area (Å²) in [5, 5.41) is 0. The standard InChI is InChI=1S/C13H18O/c1-2-7-3-8-4-9(7)11-6-13-12(14-13)5-10(8)11/h2,7-13H,1,3-6H2/t7-,8-,9-,10?,11?,12?,13?/m0/s1. The molecule has 76 valence electrons. The molecule has 3 saturated carbocycles. The van der Waals surface area contributed by atoms with Crippen molar-refractivity contribution in [3.05, 3.63) is 12.7 Å². The fraction of sp³-hybridized carbons (Fsp3) is 0.846. The summed E-state index contributed by atoms with van der Waals surface area (Å²) in [6.07, 6.45) is 9.28. The molecule has 1 saturated heterocycles. The summed E-state index contributed by atoms with van der Waals surface area (Å²) in [5.74, 6) is 4.88. The van der Waals surface area contributed by atoms with Crippen molar-refractivity contribution < 1.29 is 4.74 Å². The van der Waals surface area contributed by atoms with E-state index in [0.717, 1.165) is 29.6 Å². The minimum atomic E-state index is 0.668. The second kappa shape index (κ2) is 2.44. The van der Waals surface area contributed by atoms with Gasteiger partial charge in [-0.15, -0.1) is 6.58 Å². The van der Waals surface area contributed by atoms with Crippen LogP contribution in [0.3, 0.4) is 0 Å². The van der Waals surface area contributed by atoms with Crippen molar-refractivity contribution in [3.63, 3.8) is 0 Å². The van der Waals surface area contributed by atoms with Crippen LogP contribution in [0.15, 0.2) is 12.7 Å². The molecule has 4 fully saturated rings. The summed E-state index contributed by atoms with van der Waals surface area (Å²) in [6.45, 7) is 4.00. The normalized spacial score (nSPS) is 63.3. The number of allylic oxidation sites excluding steroid dienone is 1. The Bertz CT molecular complexity index is 285. The summed E-state index contributed by atoms with van der Waals surface area (Å²) < 4.78 is 5.68. The third-order valence-corrected chi connectivity index (χ3v) is 5.40. The Morgan fingerprint density at radius 1 is 0.929 bits per heavy atom. The lowest BCUT2D eigenvalue weighted by atomic mass is 9.67. The highest BCUT2D eigenvalue weighted by atomic mass is 16.6. The van der Waals surface area contributed by atoms with Gasteiger partial charge in [0.1, 0.15) is 0 Å². The summed E-state index contributed by atoms with van der Waals surface area (Å²) in [6, 6.07) is 0. The highest BCUT2D eigenvalue weighted by molar-refractivity contribution is 5.10. The van der Waals surface area contributed by atoms with Crippen LogP contribution in [0.2, 0.25) is 0 Å². The van der Waals surface area contributed by atoms with Crippen LogP contribution in [0.5, 0.6) is 0 Å². The van der Waals surface area contributed by atoms with Crippen molar-refractivity contribution >= 4 is 0 Å². The topological polar surface area (TPSA) is 12.5 Å². The quantitative estimate of drug-likeness (QED) is 0.457. The Balaban J connectivity index is 1.63. The monoisotopic (exact) mass is 190 g/mol. The van der Waals surface area contributed by atoms with E-state index in [-0.39, 0.29) is 0 Å². The Morgan fingerprint density at radius 2 is 1.71 bits per heavy atom. The Labute approximate surface area is 85.5 Å². The first-order valence-corrected chi connectivity index (χ1v) is 6.15. The predicted molar refractivity (Wildman–Crippen MR) is 54.8 cm³/mol. The third kappa shape index (κ3) is 0.850. The minimum Gasteiger partial charge on any atom is -0.370 e. The number of epoxide rings is 1. The molecule has 4 aliphatic rings. The predicted octanol–water partition coefficient (Wildman–Crippen LogP) is 2.62. The Hall–Kier alpha value is -0.300. The summed E-state index contributed by atoms with van der Waals surface area (Å²) in [4.78, 5) is 0. The average Bonchev–Trinajstić information content (AvgIpc) is 2.72. The highest BCUT2D eigenvalue weighted by Crippen LogP contribution is 2.62. The zero-order valence-electron chi connectivity index (χ0n) is 8.56. The van der Waals surface area contributed by atoms with Gasteiger partial charge in [-0.25, -0.2) is 0 Å². The van der Waals surface area contributed by atoms with Crippen LogP contribution >= 0.6 is 0 Å². The van der Waals surface area contributed by atoms with Gasteiger partial charge in [-0.1, -0.05) is 6.08 Å². The lowest BCUT2D eigenvalue weighted by Crippen LogP contribution is -2.32. The van der Waals surface area contributed by atoms with Gasteiger partial charge in [0, 0.05) is 0 Å². The van der Waals surface area contributed by atoms with E-state index in [0.29, 0.717) is 12.2 Å². The van der Waals surface area contributed by atoms with Crippen LogP contribution in [-0.2, 0) is 4.74 Å². The van der Waals surface area contributed by atoms with Gasteiger partial charge in [-0.05, 0) is 55.3 Å². The van der Waals surface area contributed by atoms with Crippen molar-refractivity contribution in [2.45, 2.75) is 37.9 Å². The van der Waals surface area contributed by atoms with Gasteiger partial charge in [0.25, 0.3) is 0 Å². The molecule has 0 amide bonds. The third-order valence-electron chi connectivity index (χ3n) is 5.40. The maximum absolute atomic E-state index is 5.68. The Morgan fingerprint density at radius 3 is 2.50 bits per heavy atom. The molecular weight excluding hydrogens is 172 g/mol. The van der Waals surface area contributed by atoms with Crippen molar-refractivity contribution in [2.24, 2.45) is 29.6 Å². The van der Waals surface area contributed by atoms with Crippen LogP contribution in [-0.4, -0.2) is 12.2 Å². The van der Waals surface area contributed by atoms with Crippen molar-refractivity contribution in [2.75, 3.05) is 0 Å². The molecule has 0 N–H and O–H groups in total. The van der Waals surface area contributed by atoms with E-state index < -0.39 is 0 Å². The van der Waals surface area contributed by atoms with Crippen LogP contribution in [0.4, 0.5) is 0 Å². The van der Waals surface area contributed by atoms with Crippen LogP contribution in [0, 0.1) is 29.6 Å². The van der Waals surface area contributed by atoms with E-state index in [1.165, 1.54) is 25.7 Å². The number of rotatable bonds is 1. The van der Waals surface area contributed by atoms with Gasteiger partial charge in [0.2, 0.25) is 0 Å². The van der Waals surface area contributed by atoms with Gasteiger partial charge in [-0.2, -0.15) is 0 Å². The molecule has 4 rings (SSSR count). The maximum Gasteiger partial charge on any atom is 0.0844 e. The summed E-state index contributed by atoms with van der Waals surface area (Å²) in [7, 11) is 0. The number of hydrogen-bond donors (Lipinski definition) is 0. The van der Waals surface area contributed by atoms with Gasteiger partial charge < -0.3 is 4.74 Å².